The van der Waals surface area contributed by atoms with Crippen LogP contribution < -0.4 is 0 Å². The number of aromatic nitrogens is 2. The number of aryl methyl sites for hydroxylation is 1. The molecule has 3 nitrogen and oxygen atoms in total. The van der Waals surface area contributed by atoms with Gasteiger partial charge in [0, 0.05) is 22.1 Å². The van der Waals surface area contributed by atoms with Crippen LogP contribution in [-0.4, -0.2) is 9.13 Å². The van der Waals surface area contributed by atoms with Crippen molar-refractivity contribution in [2.45, 2.75) is 6.92 Å². The molecule has 0 N–H and O–H groups in total. The largest absolute Gasteiger partial charge is 0.309 e. The molecule has 0 aliphatic carbocycles. The van der Waals surface area contributed by atoms with E-state index in [4.69, 9.17) is 0 Å². The van der Waals surface area contributed by atoms with E-state index >= 15 is 0 Å². The molecule has 0 aliphatic heterocycles. The Kier molecular flexibility index (Phi) is 7.42. The Balaban J connectivity index is 1.24. The van der Waals surface area contributed by atoms with Crippen LogP contribution in [0.1, 0.15) is 11.1 Å². The lowest BCUT2D eigenvalue weighted by Crippen LogP contribution is -1.98. The lowest BCUT2D eigenvalue weighted by Gasteiger charge is -2.13. The fraction of sp³-hybridized carbons (Fsp3) is 0.0208. The van der Waals surface area contributed by atoms with Crippen molar-refractivity contribution in [2.75, 3.05) is 0 Å². The van der Waals surface area contributed by atoms with Crippen LogP contribution >= 0.6 is 0 Å². The second-order valence-corrected chi connectivity index (χ2v) is 13.1. The lowest BCUT2D eigenvalue weighted by atomic mass is 10.0. The minimum atomic E-state index is 0.643. The van der Waals surface area contributed by atoms with Gasteiger partial charge in [0.2, 0.25) is 0 Å². The van der Waals surface area contributed by atoms with Gasteiger partial charge in [-0.05, 0) is 101 Å². The van der Waals surface area contributed by atoms with E-state index in [0.29, 0.717) is 5.56 Å². The molecule has 0 unspecified atom stereocenters. The average Bonchev–Trinajstić information content (AvgIpc) is 3.76. The topological polar surface area (TPSA) is 33.6 Å². The third kappa shape index (κ3) is 5.50. The molecular weight excluding hydrogens is 619 g/mol. The average molecular weight is 652 g/mol. The van der Waals surface area contributed by atoms with E-state index in [2.05, 4.69) is 174 Å². The molecule has 0 bridgehead atoms. The number of hydrogen-bond donors (Lipinski definition) is 0. The Hall–Kier alpha value is -6.89. The molecule has 0 saturated heterocycles. The SMILES string of the molecule is Cc1ccc(-n2c(-c3ccc(-c4ccccc4)cc3)cc3cc4c(cc(-c5ccc(-c6ccccc6)cc5)n4-c4ccc(C#N)cc4)cc32)cc1. The van der Waals surface area contributed by atoms with E-state index < -0.39 is 0 Å². The molecule has 51 heavy (non-hydrogen) atoms. The number of fused-ring (bicyclic) bond motifs is 2. The first kappa shape index (κ1) is 30.2. The van der Waals surface area contributed by atoms with Crippen molar-refractivity contribution in [3.05, 3.63) is 193 Å². The Morgan fingerprint density at radius 1 is 0.392 bits per heavy atom. The molecule has 0 radical (unpaired) electrons. The van der Waals surface area contributed by atoms with Crippen molar-refractivity contribution in [1.82, 2.24) is 9.13 Å². The Morgan fingerprint density at radius 2 is 0.765 bits per heavy atom. The first-order valence-electron chi connectivity index (χ1n) is 17.2. The molecule has 0 spiro atoms. The van der Waals surface area contributed by atoms with Crippen LogP contribution in [0.5, 0.6) is 0 Å². The first-order chi connectivity index (χ1) is 25.1. The van der Waals surface area contributed by atoms with Crippen LogP contribution in [0.4, 0.5) is 0 Å². The van der Waals surface area contributed by atoms with Crippen LogP contribution in [0.2, 0.25) is 0 Å². The van der Waals surface area contributed by atoms with Crippen LogP contribution in [0.25, 0.3) is 77.9 Å². The maximum absolute atomic E-state index is 9.55. The summed E-state index contributed by atoms with van der Waals surface area (Å²) in [6.07, 6.45) is 0. The summed E-state index contributed by atoms with van der Waals surface area (Å²) in [7, 11) is 0. The standard InChI is InChI=1S/C48H33N3/c1-33-12-24-43(25-13-33)50-45(39-20-16-37(17-21-39)35-8-4-2-5-9-35)28-41-31-48-42(30-47(41)50)29-46(51(48)44-26-14-34(32-49)15-27-44)40-22-18-38(19-23-40)36-10-6-3-7-11-36/h2-31H,1H3. The Labute approximate surface area is 297 Å². The molecule has 9 aromatic rings. The minimum absolute atomic E-state index is 0.643. The predicted molar refractivity (Wildman–Crippen MR) is 211 cm³/mol. The highest BCUT2D eigenvalue weighted by Crippen LogP contribution is 2.39. The minimum Gasteiger partial charge on any atom is -0.309 e. The van der Waals surface area contributed by atoms with Crippen molar-refractivity contribution >= 4 is 21.8 Å². The van der Waals surface area contributed by atoms with Crippen molar-refractivity contribution in [3.63, 3.8) is 0 Å². The highest BCUT2D eigenvalue weighted by molar-refractivity contribution is 6.02. The smallest absolute Gasteiger partial charge is 0.0991 e. The highest BCUT2D eigenvalue weighted by atomic mass is 15.0. The van der Waals surface area contributed by atoms with E-state index in [-0.39, 0.29) is 0 Å². The van der Waals surface area contributed by atoms with Gasteiger partial charge in [-0.3, -0.25) is 0 Å². The molecule has 0 aliphatic rings. The van der Waals surface area contributed by atoms with Gasteiger partial charge >= 0.3 is 0 Å². The summed E-state index contributed by atoms with van der Waals surface area (Å²) in [5.74, 6) is 0. The van der Waals surface area contributed by atoms with Crippen molar-refractivity contribution in [1.29, 1.82) is 5.26 Å². The number of benzene rings is 7. The molecule has 0 atom stereocenters. The zero-order chi connectivity index (χ0) is 34.3. The summed E-state index contributed by atoms with van der Waals surface area (Å²) >= 11 is 0. The molecule has 7 aromatic carbocycles. The van der Waals surface area contributed by atoms with Crippen LogP contribution in [-0.2, 0) is 0 Å². The molecule has 240 valence electrons. The fourth-order valence-corrected chi connectivity index (χ4v) is 7.20. The Bertz CT molecular complexity index is 2690. The van der Waals surface area contributed by atoms with E-state index in [1.807, 2.05) is 30.3 Å². The van der Waals surface area contributed by atoms with E-state index in [1.165, 1.54) is 27.8 Å². The molecule has 0 amide bonds. The summed E-state index contributed by atoms with van der Waals surface area (Å²) in [4.78, 5) is 0. The molecule has 3 heteroatoms. The predicted octanol–water partition coefficient (Wildman–Crippen LogP) is 12.4. The summed E-state index contributed by atoms with van der Waals surface area (Å²) < 4.78 is 4.71. The van der Waals surface area contributed by atoms with Gasteiger partial charge < -0.3 is 9.13 Å². The summed E-state index contributed by atoms with van der Waals surface area (Å²) in [6, 6.07) is 66.9. The quantitative estimate of drug-likeness (QED) is 0.176. The summed E-state index contributed by atoms with van der Waals surface area (Å²) in [5, 5.41) is 11.8. The first-order valence-corrected chi connectivity index (χ1v) is 17.2. The van der Waals surface area contributed by atoms with Crippen molar-refractivity contribution in [2.24, 2.45) is 0 Å². The molecule has 2 heterocycles. The number of rotatable bonds is 6. The molecular formula is C48H33N3. The summed E-state index contributed by atoms with van der Waals surface area (Å²) in [6.45, 7) is 2.13. The highest BCUT2D eigenvalue weighted by Gasteiger charge is 2.19. The lowest BCUT2D eigenvalue weighted by molar-refractivity contribution is 1.13. The maximum atomic E-state index is 9.55. The van der Waals surface area contributed by atoms with E-state index in [0.717, 1.165) is 55.7 Å². The van der Waals surface area contributed by atoms with Crippen molar-refractivity contribution in [3.8, 4) is 62.2 Å². The van der Waals surface area contributed by atoms with E-state index in [9.17, 15) is 5.26 Å². The number of nitrogens with zero attached hydrogens (tertiary/aromatic N) is 3. The zero-order valence-corrected chi connectivity index (χ0v) is 28.2. The molecule has 2 aromatic heterocycles. The third-order valence-electron chi connectivity index (χ3n) is 9.85. The number of nitriles is 1. The fourth-order valence-electron chi connectivity index (χ4n) is 7.20. The molecule has 0 fully saturated rings. The Morgan fingerprint density at radius 3 is 1.18 bits per heavy atom. The van der Waals surface area contributed by atoms with Crippen LogP contribution in [0, 0.1) is 18.3 Å². The number of hydrogen-bond acceptors (Lipinski definition) is 1. The molecule has 0 saturated carbocycles. The van der Waals surface area contributed by atoms with Gasteiger partial charge in [0.1, 0.15) is 0 Å². The monoisotopic (exact) mass is 651 g/mol. The van der Waals surface area contributed by atoms with Crippen LogP contribution in [0.15, 0.2) is 182 Å². The van der Waals surface area contributed by atoms with Gasteiger partial charge in [0.15, 0.2) is 0 Å². The van der Waals surface area contributed by atoms with Gasteiger partial charge in [0.25, 0.3) is 0 Å². The zero-order valence-electron chi connectivity index (χ0n) is 28.2. The maximum Gasteiger partial charge on any atom is 0.0991 e. The summed E-state index contributed by atoms with van der Waals surface area (Å²) in [5.41, 5.74) is 15.6. The van der Waals surface area contributed by atoms with E-state index in [1.54, 1.807) is 0 Å². The normalized spacial score (nSPS) is 11.2. The van der Waals surface area contributed by atoms with Gasteiger partial charge in [-0.2, -0.15) is 5.26 Å². The second kappa shape index (κ2) is 12.5. The van der Waals surface area contributed by atoms with Gasteiger partial charge in [-0.15, -0.1) is 0 Å². The van der Waals surface area contributed by atoms with Crippen LogP contribution in [0.3, 0.4) is 0 Å². The van der Waals surface area contributed by atoms with Crippen molar-refractivity contribution < 1.29 is 0 Å². The van der Waals surface area contributed by atoms with Gasteiger partial charge in [-0.25, -0.2) is 0 Å². The van der Waals surface area contributed by atoms with Gasteiger partial charge in [-0.1, -0.05) is 127 Å². The third-order valence-corrected chi connectivity index (χ3v) is 9.85. The molecule has 9 rings (SSSR count). The second-order valence-electron chi connectivity index (χ2n) is 13.1. The van der Waals surface area contributed by atoms with Gasteiger partial charge in [0.05, 0.1) is 34.1 Å².